The second-order valence-electron chi connectivity index (χ2n) is 2.98. The highest BCUT2D eigenvalue weighted by atomic mass is 32.2. The zero-order valence-electron chi connectivity index (χ0n) is 9.00. The van der Waals surface area contributed by atoms with Crippen LogP contribution in [0.15, 0.2) is 12.2 Å². The summed E-state index contributed by atoms with van der Waals surface area (Å²) in [5.74, 6) is 4.95. The fraction of sp³-hybridized carbons (Fsp3) is 0.400. The quantitative estimate of drug-likeness (QED) is 0.575. The van der Waals surface area contributed by atoms with Crippen molar-refractivity contribution >= 4 is 10.0 Å². The number of alkyl halides is 3. The molecule has 94 valence electrons. The Balaban J connectivity index is 4.77. The Morgan fingerprint density at radius 3 is 2.35 bits per heavy atom. The molecular weight excluding hydrogens is 255 g/mol. The Morgan fingerprint density at radius 1 is 1.47 bits per heavy atom. The highest BCUT2D eigenvalue weighted by Gasteiger charge is 2.49. The molecule has 0 N–H and O–H groups in total. The van der Waals surface area contributed by atoms with Gasteiger partial charge in [0.1, 0.15) is 0 Å². The summed E-state index contributed by atoms with van der Waals surface area (Å²) in [6.45, 7) is 4.55. The third-order valence-corrected chi connectivity index (χ3v) is 2.92. The third-order valence-electron chi connectivity index (χ3n) is 1.47. The molecule has 0 aromatic heterocycles. The molecule has 17 heavy (non-hydrogen) atoms. The van der Waals surface area contributed by atoms with Crippen LogP contribution in [0.1, 0.15) is 13.3 Å². The van der Waals surface area contributed by atoms with Gasteiger partial charge in [-0.3, -0.25) is 0 Å². The lowest BCUT2D eigenvalue weighted by Gasteiger charge is -2.17. The lowest BCUT2D eigenvalue weighted by molar-refractivity contribution is -0.0474. The zero-order chi connectivity index (χ0) is 13.7. The van der Waals surface area contributed by atoms with Gasteiger partial charge in [-0.2, -0.15) is 21.6 Å². The van der Waals surface area contributed by atoms with E-state index in [0.717, 1.165) is 0 Å². The van der Waals surface area contributed by atoms with Crippen LogP contribution in [0.5, 0.6) is 0 Å². The summed E-state index contributed by atoms with van der Waals surface area (Å²) < 4.78 is 58.1. The van der Waals surface area contributed by atoms with Crippen LogP contribution in [-0.2, 0) is 10.0 Å². The van der Waals surface area contributed by atoms with Gasteiger partial charge in [-0.05, 0) is 12.5 Å². The average molecular weight is 265 g/mol. The monoisotopic (exact) mass is 265 g/mol. The van der Waals surface area contributed by atoms with Crippen LogP contribution in [0.4, 0.5) is 13.2 Å². The van der Waals surface area contributed by atoms with E-state index >= 15 is 0 Å². The van der Waals surface area contributed by atoms with Crippen LogP contribution in [0.2, 0.25) is 0 Å². The first-order chi connectivity index (χ1) is 7.63. The smallest absolute Gasteiger partial charge is 0.220 e. The summed E-state index contributed by atoms with van der Waals surface area (Å²) in [4.78, 5) is 0. The molecule has 0 radical (unpaired) electrons. The van der Waals surface area contributed by atoms with Crippen molar-refractivity contribution in [2.75, 3.05) is 6.54 Å². The molecule has 0 fully saturated rings. The van der Waals surface area contributed by atoms with Gasteiger partial charge < -0.3 is 0 Å². The number of hydrogen-bond acceptors (Lipinski definition) is 2. The molecule has 0 rings (SSSR count). The molecule has 0 bridgehead atoms. The SMILES string of the molecule is C#CN(CCC#CC(=C)C)S(=O)(=O)C(F)(F)F. The zero-order valence-corrected chi connectivity index (χ0v) is 9.82. The van der Waals surface area contributed by atoms with Crippen molar-refractivity contribution in [2.24, 2.45) is 0 Å². The van der Waals surface area contributed by atoms with E-state index in [1.54, 1.807) is 6.92 Å². The molecule has 3 nitrogen and oxygen atoms in total. The number of hydrogen-bond donors (Lipinski definition) is 0. The number of sulfonamides is 1. The number of rotatable bonds is 3. The number of nitrogens with zero attached hydrogens (tertiary/aromatic N) is 1. The number of allylic oxidation sites excluding steroid dienone is 1. The normalized spacial score (nSPS) is 11.0. The molecule has 0 heterocycles. The molecule has 0 aromatic carbocycles. The van der Waals surface area contributed by atoms with Crippen molar-refractivity contribution in [3.8, 4) is 24.3 Å². The Hall–Kier alpha value is -1.60. The van der Waals surface area contributed by atoms with Gasteiger partial charge >= 0.3 is 15.5 Å². The highest BCUT2D eigenvalue weighted by molar-refractivity contribution is 7.90. The average Bonchev–Trinajstić information content (AvgIpc) is 2.15. The molecule has 0 saturated heterocycles. The number of halogens is 3. The predicted molar refractivity (Wildman–Crippen MR) is 57.7 cm³/mol. The summed E-state index contributed by atoms with van der Waals surface area (Å²) in [7, 11) is -5.48. The van der Waals surface area contributed by atoms with Crippen LogP contribution in [0.25, 0.3) is 0 Å². The Morgan fingerprint density at radius 2 is 2.00 bits per heavy atom. The molecule has 7 heteroatoms. The second kappa shape index (κ2) is 5.65. The van der Waals surface area contributed by atoms with E-state index < -0.39 is 22.1 Å². The van der Waals surface area contributed by atoms with Crippen molar-refractivity contribution in [2.45, 2.75) is 18.9 Å². The third kappa shape index (κ3) is 4.41. The summed E-state index contributed by atoms with van der Waals surface area (Å²) in [5.41, 5.74) is -4.88. The first-order valence-electron chi connectivity index (χ1n) is 4.32. The molecule has 0 atom stereocenters. The summed E-state index contributed by atoms with van der Waals surface area (Å²) in [6.07, 6.45) is 4.62. The van der Waals surface area contributed by atoms with Crippen molar-refractivity contribution in [3.63, 3.8) is 0 Å². The van der Waals surface area contributed by atoms with Gasteiger partial charge in [0, 0.05) is 12.5 Å². The molecule has 0 aliphatic rings. The van der Waals surface area contributed by atoms with Crippen molar-refractivity contribution in [1.29, 1.82) is 0 Å². The lowest BCUT2D eigenvalue weighted by atomic mass is 10.3. The molecule has 0 unspecified atom stereocenters. The molecular formula is C10H10F3NO2S. The van der Waals surface area contributed by atoms with E-state index in [0.29, 0.717) is 5.57 Å². The minimum Gasteiger partial charge on any atom is -0.220 e. The van der Waals surface area contributed by atoms with Crippen molar-refractivity contribution < 1.29 is 21.6 Å². The molecule has 0 saturated carbocycles. The Labute approximate surface area is 98.3 Å². The van der Waals surface area contributed by atoms with Gasteiger partial charge in [0.15, 0.2) is 0 Å². The van der Waals surface area contributed by atoms with E-state index in [9.17, 15) is 21.6 Å². The fourth-order valence-corrected chi connectivity index (χ4v) is 1.47. The van der Waals surface area contributed by atoms with Crippen molar-refractivity contribution in [3.05, 3.63) is 12.2 Å². The van der Waals surface area contributed by atoms with Gasteiger partial charge in [-0.1, -0.05) is 24.8 Å². The van der Waals surface area contributed by atoms with Crippen LogP contribution in [0.3, 0.4) is 0 Å². The summed E-state index contributed by atoms with van der Waals surface area (Å²) >= 11 is 0. The molecule has 0 spiro atoms. The largest absolute Gasteiger partial charge is 0.517 e. The van der Waals surface area contributed by atoms with Crippen LogP contribution < -0.4 is 0 Å². The maximum atomic E-state index is 12.1. The standard InChI is InChI=1S/C10H10F3NO2S/c1-4-14(8-6-5-7-9(2)3)17(15,16)10(11,12)13/h1H,2,6,8H2,3H3. The molecule has 0 amide bonds. The van der Waals surface area contributed by atoms with E-state index in [1.165, 1.54) is 6.04 Å². The lowest BCUT2D eigenvalue weighted by Crippen LogP contribution is -2.38. The first-order valence-corrected chi connectivity index (χ1v) is 5.76. The second-order valence-corrected chi connectivity index (χ2v) is 4.84. The first kappa shape index (κ1) is 15.4. The van der Waals surface area contributed by atoms with E-state index in [2.05, 4.69) is 18.4 Å². The maximum Gasteiger partial charge on any atom is 0.517 e. The van der Waals surface area contributed by atoms with Crippen LogP contribution >= 0.6 is 0 Å². The van der Waals surface area contributed by atoms with Gasteiger partial charge in [-0.25, -0.2) is 4.31 Å². The highest BCUT2D eigenvalue weighted by Crippen LogP contribution is 2.26. The Bertz CT molecular complexity index is 488. The maximum absolute atomic E-state index is 12.1. The summed E-state index contributed by atoms with van der Waals surface area (Å²) in [6, 6.07) is 1.47. The fourth-order valence-electron chi connectivity index (χ4n) is 0.750. The summed E-state index contributed by atoms with van der Waals surface area (Å²) in [5, 5.41) is 0. The molecule has 0 aliphatic heterocycles. The topological polar surface area (TPSA) is 37.4 Å². The minimum absolute atomic E-state index is 0.105. The van der Waals surface area contributed by atoms with Gasteiger partial charge in [0.2, 0.25) is 0 Å². The predicted octanol–water partition coefficient (Wildman–Crippen LogP) is 1.70. The van der Waals surface area contributed by atoms with Crippen LogP contribution in [0, 0.1) is 24.3 Å². The Kier molecular flexibility index (Phi) is 5.11. The minimum atomic E-state index is -5.48. The van der Waals surface area contributed by atoms with Gasteiger partial charge in [0.25, 0.3) is 0 Å². The van der Waals surface area contributed by atoms with E-state index in [-0.39, 0.29) is 10.7 Å². The van der Waals surface area contributed by atoms with Crippen LogP contribution in [-0.4, -0.2) is 24.8 Å². The van der Waals surface area contributed by atoms with E-state index in [1.807, 2.05) is 0 Å². The number of terminal acetylenes is 1. The van der Waals surface area contributed by atoms with Crippen molar-refractivity contribution in [1.82, 2.24) is 4.31 Å². The van der Waals surface area contributed by atoms with Gasteiger partial charge in [0.05, 0.1) is 6.54 Å². The van der Waals surface area contributed by atoms with Gasteiger partial charge in [-0.15, -0.1) is 0 Å². The van der Waals surface area contributed by atoms with E-state index in [4.69, 9.17) is 6.42 Å². The molecule has 0 aliphatic carbocycles. The molecule has 0 aromatic rings.